The van der Waals surface area contributed by atoms with Crippen LogP contribution in [-0.2, 0) is 0 Å². The number of hydrogen-bond donors (Lipinski definition) is 0. The lowest BCUT2D eigenvalue weighted by molar-refractivity contribution is 0.261. The molecule has 0 bridgehead atoms. The zero-order valence-corrected chi connectivity index (χ0v) is 15.9. The first-order valence-corrected chi connectivity index (χ1v) is 8.76. The Morgan fingerprint density at radius 3 is 2.80 bits per heavy atom. The molecule has 2 aromatic heterocycles. The third kappa shape index (κ3) is 3.48. The van der Waals surface area contributed by atoms with Gasteiger partial charge in [-0.1, -0.05) is 25.4 Å². The number of nitriles is 1. The molecule has 3 rings (SSSR count). The first-order chi connectivity index (χ1) is 11.9. The van der Waals surface area contributed by atoms with Gasteiger partial charge < -0.3 is 9.30 Å². The fourth-order valence-corrected chi connectivity index (χ4v) is 3.14. The summed E-state index contributed by atoms with van der Waals surface area (Å²) in [6.45, 7) is 4.60. The molecular formula is C18H14BrClFN3O. The van der Waals surface area contributed by atoms with Crippen molar-refractivity contribution in [3.8, 4) is 17.6 Å². The van der Waals surface area contributed by atoms with E-state index in [1.54, 1.807) is 23.0 Å². The fourth-order valence-electron chi connectivity index (χ4n) is 2.40. The third-order valence-electron chi connectivity index (χ3n) is 3.59. The van der Waals surface area contributed by atoms with E-state index in [4.69, 9.17) is 21.6 Å². The molecular weight excluding hydrogens is 409 g/mol. The summed E-state index contributed by atoms with van der Waals surface area (Å²) in [5.74, 6) is 0.157. The predicted octanol–water partition coefficient (Wildman–Crippen LogP) is 5.49. The number of fused-ring (bicyclic) bond motifs is 1. The summed E-state index contributed by atoms with van der Waals surface area (Å²) in [4.78, 5) is 4.26. The van der Waals surface area contributed by atoms with E-state index in [0.29, 0.717) is 34.6 Å². The minimum absolute atomic E-state index is 0.000425. The standard InChI is InChI=1S/C18H14BrClFN3O/c1-10(2)9-25-18-15(20)4-12(7-23-18)24-8-14(19)13-3-11(6-22)16(21)5-17(13)24/h3-5,7-8,10H,9H2,1-2H3. The van der Waals surface area contributed by atoms with Gasteiger partial charge in [0.05, 0.1) is 29.6 Å². The molecule has 0 unspecified atom stereocenters. The molecule has 4 nitrogen and oxygen atoms in total. The molecule has 0 aliphatic rings. The normalized spacial score (nSPS) is 11.1. The number of nitrogens with zero attached hydrogens (tertiary/aromatic N) is 3. The Bertz CT molecular complexity index is 994. The van der Waals surface area contributed by atoms with E-state index >= 15 is 0 Å². The molecule has 3 aromatic rings. The topological polar surface area (TPSA) is 50.8 Å². The minimum atomic E-state index is -0.571. The van der Waals surface area contributed by atoms with Gasteiger partial charge in [0.25, 0.3) is 0 Å². The summed E-state index contributed by atoms with van der Waals surface area (Å²) in [5, 5.41) is 10.1. The molecule has 0 atom stereocenters. The molecule has 0 spiro atoms. The van der Waals surface area contributed by atoms with Gasteiger partial charge in [-0.05, 0) is 40.0 Å². The summed E-state index contributed by atoms with van der Waals surface area (Å²) in [6, 6.07) is 6.41. The number of pyridine rings is 1. The SMILES string of the molecule is CC(C)COc1ncc(-n2cc(Br)c3cc(C#N)c(F)cc32)cc1Cl. The fraction of sp³-hybridized carbons (Fsp3) is 0.222. The lowest BCUT2D eigenvalue weighted by atomic mass is 10.1. The minimum Gasteiger partial charge on any atom is -0.476 e. The third-order valence-corrected chi connectivity index (χ3v) is 4.49. The van der Waals surface area contributed by atoms with E-state index in [-0.39, 0.29) is 5.56 Å². The second-order valence-electron chi connectivity index (χ2n) is 5.99. The van der Waals surface area contributed by atoms with E-state index in [9.17, 15) is 4.39 Å². The highest BCUT2D eigenvalue weighted by molar-refractivity contribution is 9.10. The maximum Gasteiger partial charge on any atom is 0.232 e. The molecule has 0 fully saturated rings. The van der Waals surface area contributed by atoms with Crippen molar-refractivity contribution < 1.29 is 9.13 Å². The zero-order valence-electron chi connectivity index (χ0n) is 13.6. The van der Waals surface area contributed by atoms with Gasteiger partial charge in [0.1, 0.15) is 16.9 Å². The second kappa shape index (κ2) is 7.03. The van der Waals surface area contributed by atoms with Crippen molar-refractivity contribution in [1.82, 2.24) is 9.55 Å². The molecule has 0 aliphatic heterocycles. The van der Waals surface area contributed by atoms with Crippen LogP contribution in [0.3, 0.4) is 0 Å². The zero-order chi connectivity index (χ0) is 18.1. The second-order valence-corrected chi connectivity index (χ2v) is 7.25. The van der Waals surface area contributed by atoms with Crippen LogP contribution in [0.25, 0.3) is 16.6 Å². The van der Waals surface area contributed by atoms with E-state index in [1.807, 2.05) is 19.9 Å². The Morgan fingerprint density at radius 2 is 2.16 bits per heavy atom. The molecule has 0 saturated carbocycles. The van der Waals surface area contributed by atoms with Crippen molar-refractivity contribution in [1.29, 1.82) is 5.26 Å². The summed E-state index contributed by atoms with van der Waals surface area (Å²) in [5.41, 5.74) is 1.28. The monoisotopic (exact) mass is 421 g/mol. The van der Waals surface area contributed by atoms with Crippen molar-refractivity contribution in [3.05, 3.63) is 51.5 Å². The van der Waals surface area contributed by atoms with E-state index < -0.39 is 5.82 Å². The van der Waals surface area contributed by atoms with Crippen molar-refractivity contribution in [2.45, 2.75) is 13.8 Å². The van der Waals surface area contributed by atoms with E-state index in [1.165, 1.54) is 12.1 Å². The Balaban J connectivity index is 2.06. The van der Waals surface area contributed by atoms with Crippen LogP contribution >= 0.6 is 27.5 Å². The van der Waals surface area contributed by atoms with Crippen LogP contribution in [0.4, 0.5) is 4.39 Å². The quantitative estimate of drug-likeness (QED) is 0.559. The van der Waals surface area contributed by atoms with E-state index in [2.05, 4.69) is 20.9 Å². The van der Waals surface area contributed by atoms with Gasteiger partial charge >= 0.3 is 0 Å². The first kappa shape index (κ1) is 17.7. The highest BCUT2D eigenvalue weighted by atomic mass is 79.9. The Morgan fingerprint density at radius 1 is 1.40 bits per heavy atom. The van der Waals surface area contributed by atoms with Crippen molar-refractivity contribution in [2.75, 3.05) is 6.61 Å². The highest BCUT2D eigenvalue weighted by Gasteiger charge is 2.14. The van der Waals surface area contributed by atoms with Gasteiger partial charge in [-0.25, -0.2) is 9.37 Å². The maximum atomic E-state index is 14.0. The van der Waals surface area contributed by atoms with Crippen LogP contribution in [0.5, 0.6) is 5.88 Å². The number of benzene rings is 1. The number of ether oxygens (including phenoxy) is 1. The van der Waals surface area contributed by atoms with Gasteiger partial charge in [-0.15, -0.1) is 0 Å². The van der Waals surface area contributed by atoms with Crippen molar-refractivity contribution >= 4 is 38.4 Å². The van der Waals surface area contributed by atoms with Crippen molar-refractivity contribution in [3.63, 3.8) is 0 Å². The first-order valence-electron chi connectivity index (χ1n) is 7.59. The van der Waals surface area contributed by atoms with Crippen LogP contribution in [0.1, 0.15) is 19.4 Å². The highest BCUT2D eigenvalue weighted by Crippen LogP contribution is 2.32. The summed E-state index contributed by atoms with van der Waals surface area (Å²) < 4.78 is 22.1. The van der Waals surface area contributed by atoms with Crippen LogP contribution in [0.2, 0.25) is 5.02 Å². The summed E-state index contributed by atoms with van der Waals surface area (Å²) in [7, 11) is 0. The van der Waals surface area contributed by atoms with Crippen LogP contribution in [0, 0.1) is 23.1 Å². The molecule has 0 radical (unpaired) electrons. The molecule has 0 saturated heterocycles. The largest absolute Gasteiger partial charge is 0.476 e. The maximum absolute atomic E-state index is 14.0. The van der Waals surface area contributed by atoms with Gasteiger partial charge in [0, 0.05) is 16.1 Å². The molecule has 128 valence electrons. The van der Waals surface area contributed by atoms with Gasteiger partial charge in [0.15, 0.2) is 0 Å². The average Bonchev–Trinajstić information content (AvgIpc) is 2.88. The van der Waals surface area contributed by atoms with Crippen LogP contribution in [0.15, 0.2) is 35.1 Å². The Labute approximate surface area is 157 Å². The molecule has 0 N–H and O–H groups in total. The molecule has 0 amide bonds. The smallest absolute Gasteiger partial charge is 0.232 e. The summed E-state index contributed by atoms with van der Waals surface area (Å²) >= 11 is 9.72. The predicted molar refractivity (Wildman–Crippen MR) is 98.8 cm³/mol. The Hall–Kier alpha value is -2.10. The van der Waals surface area contributed by atoms with Crippen LogP contribution < -0.4 is 4.74 Å². The lowest BCUT2D eigenvalue weighted by Crippen LogP contribution is -2.06. The van der Waals surface area contributed by atoms with Crippen LogP contribution in [-0.4, -0.2) is 16.2 Å². The molecule has 2 heterocycles. The van der Waals surface area contributed by atoms with Gasteiger partial charge in [0.2, 0.25) is 5.88 Å². The average molecular weight is 423 g/mol. The molecule has 7 heteroatoms. The van der Waals surface area contributed by atoms with Gasteiger partial charge in [-0.3, -0.25) is 0 Å². The number of rotatable bonds is 4. The molecule has 1 aromatic carbocycles. The number of aromatic nitrogens is 2. The van der Waals surface area contributed by atoms with Gasteiger partial charge in [-0.2, -0.15) is 5.26 Å². The summed E-state index contributed by atoms with van der Waals surface area (Å²) in [6.07, 6.45) is 3.40. The number of hydrogen-bond acceptors (Lipinski definition) is 3. The van der Waals surface area contributed by atoms with Crippen molar-refractivity contribution in [2.24, 2.45) is 5.92 Å². The Kier molecular flexibility index (Phi) is 4.98. The molecule has 0 aliphatic carbocycles. The lowest BCUT2D eigenvalue weighted by Gasteiger charge is -2.11. The van der Waals surface area contributed by atoms with E-state index in [0.717, 1.165) is 9.86 Å². The number of halogens is 3. The molecule has 25 heavy (non-hydrogen) atoms.